The van der Waals surface area contributed by atoms with Gasteiger partial charge < -0.3 is 9.88 Å². The van der Waals surface area contributed by atoms with Gasteiger partial charge in [0.15, 0.2) is 5.78 Å². The number of Topliss-reactive ketones (excluding diaryl/α,β-unsaturated/α-hetero) is 1. The van der Waals surface area contributed by atoms with Gasteiger partial charge in [-0.2, -0.15) is 11.8 Å². The first-order valence-corrected chi connectivity index (χ1v) is 11.4. The molecule has 1 aliphatic rings. The number of allylic oxidation sites excluding steroid dienone is 2. The average molecular weight is 474 g/mol. The van der Waals surface area contributed by atoms with E-state index in [1.807, 2.05) is 54.8 Å². The molecule has 1 aromatic carbocycles. The van der Waals surface area contributed by atoms with Gasteiger partial charge in [-0.1, -0.05) is 33.6 Å². The van der Waals surface area contributed by atoms with Crippen LogP contribution in [0.25, 0.3) is 0 Å². The maximum Gasteiger partial charge on any atom is 0.270 e. The molecule has 7 heteroatoms. The number of halogens is 1. The van der Waals surface area contributed by atoms with Crippen LogP contribution in [0.3, 0.4) is 0 Å². The number of aliphatic imine (C=N–C) groups is 1. The highest BCUT2D eigenvalue weighted by Crippen LogP contribution is 2.22. The number of rotatable bonds is 5. The fourth-order valence-corrected chi connectivity index (χ4v) is 4.46. The van der Waals surface area contributed by atoms with Gasteiger partial charge in [-0.05, 0) is 32.0 Å². The van der Waals surface area contributed by atoms with E-state index >= 15 is 0 Å². The van der Waals surface area contributed by atoms with Gasteiger partial charge in [-0.15, -0.1) is 0 Å². The van der Waals surface area contributed by atoms with Crippen molar-refractivity contribution in [3.8, 4) is 0 Å². The van der Waals surface area contributed by atoms with Gasteiger partial charge in [0.1, 0.15) is 5.69 Å². The maximum atomic E-state index is 13.3. The SMILES string of the molecule is CN=C(C(C(=O)c1c[nH]c(C(=O)N2CCSCC2)c1)=C(C)C)c1ccc(Br)cc1. The molecule has 1 saturated heterocycles. The van der Waals surface area contributed by atoms with Crippen LogP contribution < -0.4 is 0 Å². The Hall–Kier alpha value is -2.12. The van der Waals surface area contributed by atoms with Gasteiger partial charge in [0.05, 0.1) is 5.71 Å². The number of aromatic amines is 1. The molecule has 1 amide bonds. The zero-order valence-corrected chi connectivity index (χ0v) is 19.2. The molecule has 29 heavy (non-hydrogen) atoms. The lowest BCUT2D eigenvalue weighted by Crippen LogP contribution is -2.38. The van der Waals surface area contributed by atoms with E-state index in [1.54, 1.807) is 19.3 Å². The summed E-state index contributed by atoms with van der Waals surface area (Å²) in [4.78, 5) is 35.3. The van der Waals surface area contributed by atoms with Crippen LogP contribution in [0.4, 0.5) is 0 Å². The molecule has 1 N–H and O–H groups in total. The molecule has 1 aromatic heterocycles. The Morgan fingerprint density at radius 1 is 1.10 bits per heavy atom. The number of ketones is 1. The van der Waals surface area contributed by atoms with Crippen LogP contribution in [0.2, 0.25) is 0 Å². The summed E-state index contributed by atoms with van der Waals surface area (Å²) in [5.41, 5.74) is 3.87. The lowest BCUT2D eigenvalue weighted by atomic mass is 9.92. The lowest BCUT2D eigenvalue weighted by Gasteiger charge is -2.25. The predicted octanol–water partition coefficient (Wildman–Crippen LogP) is 4.60. The number of amides is 1. The van der Waals surface area contributed by atoms with Gasteiger partial charge in [0.2, 0.25) is 0 Å². The molecule has 0 radical (unpaired) electrons. The van der Waals surface area contributed by atoms with E-state index in [0.717, 1.165) is 40.2 Å². The van der Waals surface area contributed by atoms with E-state index in [1.165, 1.54) is 0 Å². The predicted molar refractivity (Wildman–Crippen MR) is 123 cm³/mol. The molecule has 3 rings (SSSR count). The van der Waals surface area contributed by atoms with E-state index in [0.29, 0.717) is 22.5 Å². The molecular formula is C22H24BrN3O2S. The molecule has 2 aromatic rings. The summed E-state index contributed by atoms with van der Waals surface area (Å²) >= 11 is 5.29. The minimum absolute atomic E-state index is 0.0552. The molecule has 2 heterocycles. The number of nitrogens with one attached hydrogen (secondary N) is 1. The fourth-order valence-electron chi connectivity index (χ4n) is 3.29. The van der Waals surface area contributed by atoms with Crippen LogP contribution in [0.1, 0.15) is 40.3 Å². The topological polar surface area (TPSA) is 65.5 Å². The van der Waals surface area contributed by atoms with Crippen molar-refractivity contribution in [1.82, 2.24) is 9.88 Å². The normalized spacial score (nSPS) is 14.6. The third-order valence-corrected chi connectivity index (χ3v) is 6.25. The molecule has 0 spiro atoms. The summed E-state index contributed by atoms with van der Waals surface area (Å²) in [5.74, 6) is 1.70. The zero-order valence-electron chi connectivity index (χ0n) is 16.8. The summed E-state index contributed by atoms with van der Waals surface area (Å²) < 4.78 is 0.965. The van der Waals surface area contributed by atoms with E-state index in [9.17, 15) is 9.59 Å². The van der Waals surface area contributed by atoms with Gasteiger partial charge in [-0.3, -0.25) is 14.6 Å². The molecule has 0 atom stereocenters. The molecule has 0 bridgehead atoms. The van der Waals surface area contributed by atoms with Crippen LogP contribution in [0, 0.1) is 0 Å². The fraction of sp³-hybridized carbons (Fsp3) is 0.318. The van der Waals surface area contributed by atoms with E-state index in [-0.39, 0.29) is 11.7 Å². The smallest absolute Gasteiger partial charge is 0.270 e. The molecule has 1 fully saturated rings. The molecule has 0 unspecified atom stereocenters. The zero-order chi connectivity index (χ0) is 21.0. The number of hydrogen-bond acceptors (Lipinski definition) is 4. The third-order valence-electron chi connectivity index (χ3n) is 4.78. The maximum absolute atomic E-state index is 13.3. The van der Waals surface area contributed by atoms with Crippen molar-refractivity contribution in [1.29, 1.82) is 0 Å². The van der Waals surface area contributed by atoms with Crippen molar-refractivity contribution in [2.24, 2.45) is 4.99 Å². The van der Waals surface area contributed by atoms with E-state index in [4.69, 9.17) is 0 Å². The Labute approximate surface area is 183 Å². The second-order valence-corrected chi connectivity index (χ2v) is 9.13. The number of hydrogen-bond donors (Lipinski definition) is 1. The highest BCUT2D eigenvalue weighted by molar-refractivity contribution is 9.10. The highest BCUT2D eigenvalue weighted by atomic mass is 79.9. The minimum Gasteiger partial charge on any atom is -0.356 e. The summed E-state index contributed by atoms with van der Waals surface area (Å²) in [6, 6.07) is 9.38. The van der Waals surface area contributed by atoms with Crippen molar-refractivity contribution in [3.05, 3.63) is 69.0 Å². The standard InChI is InChI=1S/C22H24BrN3O2S/c1-14(2)19(20(24-3)15-4-6-17(23)7-5-15)21(27)16-12-18(25-13-16)22(28)26-8-10-29-11-9-26/h4-7,12-13,25H,8-11H2,1-3H3. The number of carbonyl (C=O) groups excluding carboxylic acids is 2. The summed E-state index contributed by atoms with van der Waals surface area (Å²) in [5, 5.41) is 0. The molecule has 0 aliphatic carbocycles. The van der Waals surface area contributed by atoms with Crippen LogP contribution in [-0.4, -0.2) is 58.9 Å². The highest BCUT2D eigenvalue weighted by Gasteiger charge is 2.24. The van der Waals surface area contributed by atoms with Crippen molar-refractivity contribution in [2.75, 3.05) is 31.6 Å². The van der Waals surface area contributed by atoms with Crippen molar-refractivity contribution in [3.63, 3.8) is 0 Å². The third kappa shape index (κ3) is 4.90. The van der Waals surface area contributed by atoms with Crippen LogP contribution in [-0.2, 0) is 0 Å². The lowest BCUT2D eigenvalue weighted by molar-refractivity contribution is 0.0767. The first-order valence-electron chi connectivity index (χ1n) is 9.43. The van der Waals surface area contributed by atoms with Crippen molar-refractivity contribution < 1.29 is 9.59 Å². The van der Waals surface area contributed by atoms with Gasteiger partial charge in [-0.25, -0.2) is 0 Å². The average Bonchev–Trinajstić information content (AvgIpc) is 3.22. The quantitative estimate of drug-likeness (QED) is 0.391. The summed E-state index contributed by atoms with van der Waals surface area (Å²) in [6.07, 6.45) is 1.62. The number of carbonyl (C=O) groups is 2. The Balaban J connectivity index is 1.89. The summed E-state index contributed by atoms with van der Waals surface area (Å²) in [7, 11) is 1.69. The number of aromatic nitrogens is 1. The monoisotopic (exact) mass is 473 g/mol. The van der Waals surface area contributed by atoms with Gasteiger partial charge in [0.25, 0.3) is 5.91 Å². The second kappa shape index (κ2) is 9.59. The Morgan fingerprint density at radius 2 is 1.76 bits per heavy atom. The Bertz CT molecular complexity index is 966. The molecule has 1 aliphatic heterocycles. The Kier molecular flexibility index (Phi) is 7.14. The van der Waals surface area contributed by atoms with E-state index in [2.05, 4.69) is 25.9 Å². The number of nitrogens with zero attached hydrogens (tertiary/aromatic N) is 2. The van der Waals surface area contributed by atoms with E-state index < -0.39 is 0 Å². The minimum atomic E-state index is -0.141. The number of benzene rings is 1. The van der Waals surface area contributed by atoms with Crippen LogP contribution in [0.5, 0.6) is 0 Å². The molecule has 5 nitrogen and oxygen atoms in total. The summed E-state index contributed by atoms with van der Waals surface area (Å²) in [6.45, 7) is 5.28. The number of H-pyrrole nitrogens is 1. The van der Waals surface area contributed by atoms with Crippen molar-refractivity contribution >= 4 is 45.1 Å². The van der Waals surface area contributed by atoms with Gasteiger partial charge in [0, 0.05) is 59.0 Å². The Morgan fingerprint density at radius 3 is 2.34 bits per heavy atom. The number of thioether (sulfide) groups is 1. The first-order chi connectivity index (χ1) is 13.9. The molecule has 152 valence electrons. The van der Waals surface area contributed by atoms with Gasteiger partial charge >= 0.3 is 0 Å². The second-order valence-electron chi connectivity index (χ2n) is 6.99. The molecule has 0 saturated carbocycles. The largest absolute Gasteiger partial charge is 0.356 e. The molecular weight excluding hydrogens is 450 g/mol. The first kappa shape index (κ1) is 21.6. The van der Waals surface area contributed by atoms with Crippen LogP contribution >= 0.6 is 27.7 Å². The van der Waals surface area contributed by atoms with Crippen molar-refractivity contribution in [2.45, 2.75) is 13.8 Å². The van der Waals surface area contributed by atoms with Crippen LogP contribution in [0.15, 0.2) is 57.1 Å².